The minimum atomic E-state index is -0.570. The van der Waals surface area contributed by atoms with Gasteiger partial charge in [-0.05, 0) is 31.6 Å². The molecule has 23 heavy (non-hydrogen) atoms. The predicted octanol–water partition coefficient (Wildman–Crippen LogP) is 3.80. The zero-order valence-corrected chi connectivity index (χ0v) is 13.3. The van der Waals surface area contributed by atoms with Crippen LogP contribution in [0.25, 0.3) is 0 Å². The van der Waals surface area contributed by atoms with Gasteiger partial charge < -0.3 is 5.32 Å². The molecule has 0 atom stereocenters. The number of rotatable bonds is 2. The number of hydrogen-bond acceptors (Lipinski definition) is 5. The van der Waals surface area contributed by atoms with Crippen molar-refractivity contribution in [2.45, 2.75) is 27.2 Å². The largest absolute Gasteiger partial charge is 0.335 e. The summed E-state index contributed by atoms with van der Waals surface area (Å²) in [6.07, 6.45) is 7.21. The van der Waals surface area contributed by atoms with Crippen LogP contribution in [-0.2, 0) is 0 Å². The van der Waals surface area contributed by atoms with Crippen molar-refractivity contribution in [3.8, 4) is 0 Å². The zero-order valence-electron chi connectivity index (χ0n) is 13.3. The Bertz CT molecular complexity index is 682. The van der Waals surface area contributed by atoms with Crippen LogP contribution in [0.3, 0.4) is 0 Å². The van der Waals surface area contributed by atoms with Gasteiger partial charge in [0.2, 0.25) is 0 Å². The number of aliphatic imine (C=N–C) groups is 2. The summed E-state index contributed by atoms with van der Waals surface area (Å²) in [5.74, 6) is -0.0118. The summed E-state index contributed by atoms with van der Waals surface area (Å²) in [6.45, 7) is 9.32. The van der Waals surface area contributed by atoms with Crippen molar-refractivity contribution in [2.24, 2.45) is 9.98 Å². The Morgan fingerprint density at radius 1 is 1.30 bits per heavy atom. The Morgan fingerprint density at radius 3 is 2.61 bits per heavy atom. The second kappa shape index (κ2) is 8.57. The molecule has 0 saturated carbocycles. The first-order valence-corrected chi connectivity index (χ1v) is 7.13. The molecule has 7 heteroatoms. The van der Waals surface area contributed by atoms with E-state index in [2.05, 4.69) is 21.9 Å². The highest BCUT2D eigenvalue weighted by Crippen LogP contribution is 2.17. The number of allylic oxidation sites excluding steroid dienone is 4. The number of amidine groups is 1. The second-order valence-corrected chi connectivity index (χ2v) is 4.40. The van der Waals surface area contributed by atoms with Crippen LogP contribution in [0.5, 0.6) is 0 Å². The number of halogens is 1. The third-order valence-electron chi connectivity index (χ3n) is 2.82. The lowest BCUT2D eigenvalue weighted by Crippen LogP contribution is -2.29. The molecular weight excluding hydrogens is 299 g/mol. The third-order valence-corrected chi connectivity index (χ3v) is 2.82. The first kappa shape index (κ1) is 18.2. The smallest absolute Gasteiger partial charge is 0.310 e. The number of hydrogen-bond donors (Lipinski definition) is 1. The number of nitrogens with one attached hydrogen (secondary N) is 1. The van der Waals surface area contributed by atoms with E-state index in [1.54, 1.807) is 19.2 Å². The van der Waals surface area contributed by atoms with E-state index in [9.17, 15) is 14.5 Å². The predicted molar refractivity (Wildman–Crippen MR) is 90.3 cm³/mol. The molecule has 0 aromatic heterocycles. The monoisotopic (exact) mass is 318 g/mol. The summed E-state index contributed by atoms with van der Waals surface area (Å²) < 4.78 is 13.5. The molecule has 2 aliphatic heterocycles. The van der Waals surface area contributed by atoms with Crippen LogP contribution in [-0.4, -0.2) is 16.5 Å². The standard InChI is InChI=1S/C14H13FN4O2.C2H6/c1-9-3-5-12(15)6-4-11(7-16-9)14-17-8-13(19(20)21)10(2)18-14;1-2/h3,5-8H,2,4H2,1H3,(H,17,18);1-2H3/b5-3-,11-7+,12-6+,16-9+;. The lowest BCUT2D eigenvalue weighted by molar-refractivity contribution is -0.421. The summed E-state index contributed by atoms with van der Waals surface area (Å²) in [5.41, 5.74) is 1.17. The molecule has 0 aromatic rings. The summed E-state index contributed by atoms with van der Waals surface area (Å²) in [6, 6.07) is 0. The SMILES string of the molecule is C=C1NC(/C2=C/N=C(C)/C=C\C(F)=C/C2)=NC=C1[N+](=O)[O-].CC. The summed E-state index contributed by atoms with van der Waals surface area (Å²) >= 11 is 0. The molecule has 0 spiro atoms. The molecule has 1 N–H and O–H groups in total. The van der Waals surface area contributed by atoms with Gasteiger partial charge in [-0.25, -0.2) is 9.38 Å². The van der Waals surface area contributed by atoms with Crippen LogP contribution in [0.15, 0.2) is 70.0 Å². The number of nitro groups is 1. The Labute approximate surface area is 134 Å². The maximum absolute atomic E-state index is 13.5. The van der Waals surface area contributed by atoms with Gasteiger partial charge in [-0.2, -0.15) is 0 Å². The van der Waals surface area contributed by atoms with Gasteiger partial charge in [-0.15, -0.1) is 0 Å². The minimum absolute atomic E-state index is 0.133. The van der Waals surface area contributed by atoms with Crippen LogP contribution >= 0.6 is 0 Å². The second-order valence-electron chi connectivity index (χ2n) is 4.40. The highest BCUT2D eigenvalue weighted by atomic mass is 19.1. The van der Waals surface area contributed by atoms with Crippen molar-refractivity contribution in [3.05, 3.63) is 70.1 Å². The van der Waals surface area contributed by atoms with Gasteiger partial charge in [0.1, 0.15) is 23.6 Å². The van der Waals surface area contributed by atoms with Crippen LogP contribution < -0.4 is 5.32 Å². The van der Waals surface area contributed by atoms with Gasteiger partial charge >= 0.3 is 5.70 Å². The fourth-order valence-corrected chi connectivity index (χ4v) is 1.67. The van der Waals surface area contributed by atoms with Gasteiger partial charge in [0, 0.05) is 17.5 Å². The molecular formula is C16H19FN4O2. The lowest BCUT2D eigenvalue weighted by Gasteiger charge is -2.15. The summed E-state index contributed by atoms with van der Waals surface area (Å²) in [4.78, 5) is 18.3. The maximum atomic E-state index is 13.5. The lowest BCUT2D eigenvalue weighted by atomic mass is 10.1. The molecule has 0 radical (unpaired) electrons. The van der Waals surface area contributed by atoms with Crippen molar-refractivity contribution in [2.75, 3.05) is 0 Å². The van der Waals surface area contributed by atoms with Gasteiger partial charge in [-0.3, -0.25) is 15.1 Å². The molecule has 2 aliphatic rings. The van der Waals surface area contributed by atoms with E-state index in [-0.39, 0.29) is 23.6 Å². The van der Waals surface area contributed by atoms with Gasteiger partial charge in [0.25, 0.3) is 0 Å². The van der Waals surface area contributed by atoms with E-state index in [0.717, 1.165) is 6.20 Å². The van der Waals surface area contributed by atoms with Crippen LogP contribution in [0, 0.1) is 10.1 Å². The molecule has 2 rings (SSSR count). The van der Waals surface area contributed by atoms with Crippen molar-refractivity contribution >= 4 is 11.5 Å². The molecule has 0 unspecified atom stereocenters. The van der Waals surface area contributed by atoms with E-state index >= 15 is 0 Å². The molecule has 0 bridgehead atoms. The van der Waals surface area contributed by atoms with Gasteiger partial charge in [0.15, 0.2) is 0 Å². The Kier molecular flexibility index (Phi) is 6.79. The zero-order chi connectivity index (χ0) is 17.4. The van der Waals surface area contributed by atoms with E-state index in [1.165, 1.54) is 12.2 Å². The van der Waals surface area contributed by atoms with Crippen molar-refractivity contribution in [1.29, 1.82) is 0 Å². The molecule has 0 saturated heterocycles. The fraction of sp³-hybridized carbons (Fsp3) is 0.250. The quantitative estimate of drug-likeness (QED) is 0.621. The molecule has 0 fully saturated rings. The average Bonchev–Trinajstić information content (AvgIpc) is 2.61. The number of nitrogens with zero attached hydrogens (tertiary/aromatic N) is 3. The molecule has 122 valence electrons. The van der Waals surface area contributed by atoms with E-state index in [1.807, 2.05) is 13.8 Å². The summed E-state index contributed by atoms with van der Waals surface area (Å²) in [7, 11) is 0. The summed E-state index contributed by atoms with van der Waals surface area (Å²) in [5, 5.41) is 13.5. The Balaban J connectivity index is 0.00000127. The normalized spacial score (nSPS) is 25.7. The third kappa shape index (κ3) is 5.14. The van der Waals surface area contributed by atoms with E-state index < -0.39 is 4.92 Å². The molecule has 6 nitrogen and oxygen atoms in total. The maximum Gasteiger partial charge on any atom is 0.310 e. The molecule has 0 aromatic carbocycles. The van der Waals surface area contributed by atoms with Crippen molar-refractivity contribution in [1.82, 2.24) is 5.32 Å². The fourth-order valence-electron chi connectivity index (χ4n) is 1.67. The highest BCUT2D eigenvalue weighted by molar-refractivity contribution is 6.01. The van der Waals surface area contributed by atoms with Crippen molar-refractivity contribution in [3.63, 3.8) is 0 Å². The van der Waals surface area contributed by atoms with E-state index in [4.69, 9.17) is 0 Å². The van der Waals surface area contributed by atoms with Crippen LogP contribution in [0.2, 0.25) is 0 Å². The molecule has 2 heterocycles. The van der Waals surface area contributed by atoms with Crippen LogP contribution in [0.4, 0.5) is 4.39 Å². The topological polar surface area (TPSA) is 79.9 Å². The Hall–Kier alpha value is -2.83. The minimum Gasteiger partial charge on any atom is -0.335 e. The van der Waals surface area contributed by atoms with Gasteiger partial charge in [0.05, 0.1) is 4.92 Å². The van der Waals surface area contributed by atoms with Crippen molar-refractivity contribution < 1.29 is 9.31 Å². The van der Waals surface area contributed by atoms with Gasteiger partial charge in [-0.1, -0.05) is 20.4 Å². The first-order chi connectivity index (χ1) is 11.0. The average molecular weight is 318 g/mol. The van der Waals surface area contributed by atoms with E-state index in [0.29, 0.717) is 17.1 Å². The molecule has 0 aliphatic carbocycles. The van der Waals surface area contributed by atoms with Crippen LogP contribution in [0.1, 0.15) is 27.2 Å². The first-order valence-electron chi connectivity index (χ1n) is 7.13. The Morgan fingerprint density at radius 2 is 2.00 bits per heavy atom. The molecule has 0 amide bonds. The highest BCUT2D eigenvalue weighted by Gasteiger charge is 2.22.